The average molecular weight is 353 g/mol. The van der Waals surface area contributed by atoms with Gasteiger partial charge in [0.1, 0.15) is 16.9 Å². The maximum Gasteiger partial charge on any atom is 0.135 e. The molecule has 3 atom stereocenters. The van der Waals surface area contributed by atoms with E-state index >= 15 is 0 Å². The molecule has 0 aliphatic carbocycles. The number of halogens is 1. The Morgan fingerprint density at radius 2 is 2.00 bits per heavy atom. The first-order chi connectivity index (χ1) is 12.8. The molecule has 0 spiro atoms. The fraction of sp³-hybridized carbons (Fsp3) is 0.368. The van der Waals surface area contributed by atoms with Crippen molar-refractivity contribution < 1.29 is 9.02 Å². The molecule has 2 aliphatic heterocycles. The van der Waals surface area contributed by atoms with Gasteiger partial charge in [-0.1, -0.05) is 24.3 Å². The fourth-order valence-electron chi connectivity index (χ4n) is 4.24. The summed E-state index contributed by atoms with van der Waals surface area (Å²) in [4.78, 5) is 2.43. The van der Waals surface area contributed by atoms with E-state index in [1.165, 1.54) is 11.6 Å². The third-order valence-electron chi connectivity index (χ3n) is 5.56. The molecule has 2 N–H and O–H groups in total. The van der Waals surface area contributed by atoms with Crippen molar-refractivity contribution in [3.05, 3.63) is 59.4 Å². The molecule has 2 aliphatic rings. The van der Waals surface area contributed by atoms with Crippen molar-refractivity contribution in [1.29, 1.82) is 0 Å². The minimum absolute atomic E-state index is 0.00813. The summed E-state index contributed by atoms with van der Waals surface area (Å²) in [6, 6.07) is 13.4. The zero-order valence-electron chi connectivity index (χ0n) is 14.2. The van der Waals surface area contributed by atoms with Crippen LogP contribution in [0.4, 0.5) is 4.39 Å². The molecule has 2 saturated heterocycles. The summed E-state index contributed by atoms with van der Waals surface area (Å²) in [7, 11) is 0. The van der Waals surface area contributed by atoms with Crippen molar-refractivity contribution in [2.45, 2.75) is 25.0 Å². The van der Waals surface area contributed by atoms with Gasteiger partial charge in [0.05, 0.1) is 6.04 Å². The van der Waals surface area contributed by atoms with E-state index in [2.05, 4.69) is 32.1 Å². The van der Waals surface area contributed by atoms with Gasteiger partial charge in [0.2, 0.25) is 0 Å². The summed E-state index contributed by atoms with van der Waals surface area (Å²) in [5.74, 6) is 0.187. The Labute approximate surface area is 150 Å². The van der Waals surface area contributed by atoms with Gasteiger partial charge in [0.25, 0.3) is 0 Å². The Kier molecular flexibility index (Phi) is 3.92. The lowest BCUT2D eigenvalue weighted by Crippen LogP contribution is -2.45. The van der Waals surface area contributed by atoms with Crippen molar-refractivity contribution >= 4 is 11.0 Å². The SMILES string of the molecule is Fc1ccccc1C1NNC2CCN(Cc3ccc4nonc4c3)CC21. The third-order valence-corrected chi connectivity index (χ3v) is 5.56. The molecule has 5 rings (SSSR count). The average Bonchev–Trinajstić information content (AvgIpc) is 3.28. The van der Waals surface area contributed by atoms with Gasteiger partial charge < -0.3 is 0 Å². The van der Waals surface area contributed by atoms with E-state index in [0.717, 1.165) is 42.7 Å². The van der Waals surface area contributed by atoms with Gasteiger partial charge in [-0.05, 0) is 40.5 Å². The lowest BCUT2D eigenvalue weighted by atomic mass is 9.85. The third kappa shape index (κ3) is 2.78. The van der Waals surface area contributed by atoms with Crippen LogP contribution in [-0.4, -0.2) is 34.3 Å². The van der Waals surface area contributed by atoms with Gasteiger partial charge in [-0.15, -0.1) is 0 Å². The number of aromatic nitrogens is 2. The molecule has 3 aromatic rings. The van der Waals surface area contributed by atoms with Gasteiger partial charge in [0, 0.05) is 37.2 Å². The Morgan fingerprint density at radius 1 is 1.12 bits per heavy atom. The standard InChI is InChI=1S/C19H20FN5O/c20-15-4-2-1-3-13(15)19-14-11-25(8-7-16(14)21-22-19)10-12-5-6-17-18(9-12)24-26-23-17/h1-6,9,14,16,19,21-22H,7-8,10-11H2. The minimum atomic E-state index is -0.145. The Bertz CT molecular complexity index is 929. The second-order valence-electron chi connectivity index (χ2n) is 7.17. The van der Waals surface area contributed by atoms with E-state index < -0.39 is 0 Å². The molecule has 6 nitrogen and oxygen atoms in total. The highest BCUT2D eigenvalue weighted by Crippen LogP contribution is 2.35. The second kappa shape index (κ2) is 6.42. The minimum Gasteiger partial charge on any atom is -0.299 e. The van der Waals surface area contributed by atoms with Gasteiger partial charge in [-0.2, -0.15) is 0 Å². The van der Waals surface area contributed by atoms with Crippen LogP contribution < -0.4 is 10.9 Å². The maximum absolute atomic E-state index is 14.3. The molecule has 0 bridgehead atoms. The first-order valence-corrected chi connectivity index (χ1v) is 8.97. The number of benzene rings is 2. The van der Waals surface area contributed by atoms with E-state index in [0.29, 0.717) is 12.0 Å². The van der Waals surface area contributed by atoms with Gasteiger partial charge >= 0.3 is 0 Å². The number of likely N-dealkylation sites (tertiary alicyclic amines) is 1. The largest absolute Gasteiger partial charge is 0.299 e. The molecular weight excluding hydrogens is 333 g/mol. The molecule has 7 heteroatoms. The predicted octanol–water partition coefficient (Wildman–Crippen LogP) is 2.40. The van der Waals surface area contributed by atoms with Crippen LogP contribution >= 0.6 is 0 Å². The molecule has 1 aromatic heterocycles. The number of nitrogens with one attached hydrogen (secondary N) is 2. The normalized spacial score (nSPS) is 26.3. The molecule has 2 aromatic carbocycles. The number of piperidine rings is 1. The number of hydrogen-bond donors (Lipinski definition) is 2. The van der Waals surface area contributed by atoms with Crippen LogP contribution in [0.25, 0.3) is 11.0 Å². The highest BCUT2D eigenvalue weighted by molar-refractivity contribution is 5.73. The highest BCUT2D eigenvalue weighted by atomic mass is 19.1. The Hall–Kier alpha value is -2.35. The number of nitrogens with zero attached hydrogens (tertiary/aromatic N) is 3. The molecule has 2 fully saturated rings. The number of rotatable bonds is 3. The molecule has 0 saturated carbocycles. The van der Waals surface area contributed by atoms with Crippen LogP contribution in [0.3, 0.4) is 0 Å². The van der Waals surface area contributed by atoms with Crippen LogP contribution in [0.1, 0.15) is 23.6 Å². The van der Waals surface area contributed by atoms with Crippen molar-refractivity contribution in [2.75, 3.05) is 13.1 Å². The van der Waals surface area contributed by atoms with Crippen molar-refractivity contribution in [1.82, 2.24) is 26.1 Å². The van der Waals surface area contributed by atoms with Gasteiger partial charge in [0.15, 0.2) is 0 Å². The summed E-state index contributed by atoms with van der Waals surface area (Å²) in [5, 5.41) is 7.77. The van der Waals surface area contributed by atoms with E-state index in [-0.39, 0.29) is 11.9 Å². The number of fused-ring (bicyclic) bond motifs is 2. The Morgan fingerprint density at radius 3 is 2.92 bits per heavy atom. The predicted molar refractivity (Wildman–Crippen MR) is 94.4 cm³/mol. The zero-order chi connectivity index (χ0) is 17.5. The van der Waals surface area contributed by atoms with Gasteiger partial charge in [-0.25, -0.2) is 14.4 Å². The Balaban J connectivity index is 1.34. The van der Waals surface area contributed by atoms with E-state index in [1.807, 2.05) is 24.3 Å². The van der Waals surface area contributed by atoms with E-state index in [9.17, 15) is 4.39 Å². The second-order valence-corrected chi connectivity index (χ2v) is 7.17. The number of hydrogen-bond acceptors (Lipinski definition) is 6. The van der Waals surface area contributed by atoms with Crippen LogP contribution in [-0.2, 0) is 6.54 Å². The first-order valence-electron chi connectivity index (χ1n) is 8.97. The fourth-order valence-corrected chi connectivity index (χ4v) is 4.24. The zero-order valence-corrected chi connectivity index (χ0v) is 14.2. The lowest BCUT2D eigenvalue weighted by molar-refractivity contribution is 0.147. The lowest BCUT2D eigenvalue weighted by Gasteiger charge is -2.36. The highest BCUT2D eigenvalue weighted by Gasteiger charge is 2.41. The molecule has 134 valence electrons. The van der Waals surface area contributed by atoms with Crippen LogP contribution in [0.5, 0.6) is 0 Å². The monoisotopic (exact) mass is 353 g/mol. The topological polar surface area (TPSA) is 66.2 Å². The van der Waals surface area contributed by atoms with Crippen LogP contribution in [0.15, 0.2) is 47.1 Å². The molecule has 0 radical (unpaired) electrons. The molecule has 3 heterocycles. The summed E-state index contributed by atoms with van der Waals surface area (Å²) in [6.45, 7) is 2.77. The quantitative estimate of drug-likeness (QED) is 0.754. The van der Waals surface area contributed by atoms with E-state index in [4.69, 9.17) is 4.63 Å². The van der Waals surface area contributed by atoms with Crippen LogP contribution in [0, 0.1) is 11.7 Å². The van der Waals surface area contributed by atoms with Crippen molar-refractivity contribution in [3.63, 3.8) is 0 Å². The summed E-state index contributed by atoms with van der Waals surface area (Å²) >= 11 is 0. The van der Waals surface area contributed by atoms with E-state index in [1.54, 1.807) is 6.07 Å². The number of hydrazine groups is 1. The summed E-state index contributed by atoms with van der Waals surface area (Å²) < 4.78 is 19.0. The molecule has 26 heavy (non-hydrogen) atoms. The maximum atomic E-state index is 14.3. The smallest absolute Gasteiger partial charge is 0.135 e. The molecule has 3 unspecified atom stereocenters. The summed E-state index contributed by atoms with van der Waals surface area (Å²) in [5.41, 5.74) is 10.2. The first kappa shape index (κ1) is 15.9. The molecule has 0 amide bonds. The summed E-state index contributed by atoms with van der Waals surface area (Å²) in [6.07, 6.45) is 1.04. The van der Waals surface area contributed by atoms with Crippen molar-refractivity contribution in [3.8, 4) is 0 Å². The molecular formula is C19H20FN5O. The van der Waals surface area contributed by atoms with Gasteiger partial charge in [-0.3, -0.25) is 10.3 Å². The van der Waals surface area contributed by atoms with Crippen LogP contribution in [0.2, 0.25) is 0 Å². The van der Waals surface area contributed by atoms with Crippen molar-refractivity contribution in [2.24, 2.45) is 5.92 Å².